The summed E-state index contributed by atoms with van der Waals surface area (Å²) in [4.78, 5) is 0.265. The Bertz CT molecular complexity index is 497. The summed E-state index contributed by atoms with van der Waals surface area (Å²) in [6.07, 6.45) is 0. The summed E-state index contributed by atoms with van der Waals surface area (Å²) in [5.74, 6) is 0.740. The monoisotopic (exact) mass is 285 g/mol. The highest BCUT2D eigenvalue weighted by atomic mass is 32.2. The van der Waals surface area contributed by atoms with E-state index in [1.807, 2.05) is 20.8 Å². The lowest BCUT2D eigenvalue weighted by molar-refractivity contribution is 0.401. The van der Waals surface area contributed by atoms with E-state index in [0.29, 0.717) is 5.75 Å². The minimum absolute atomic E-state index is 0.0556. The van der Waals surface area contributed by atoms with E-state index in [-0.39, 0.29) is 22.6 Å². The normalized spacial score (nSPS) is 13.5. The highest BCUT2D eigenvalue weighted by Crippen LogP contribution is 2.25. The van der Waals surface area contributed by atoms with Crippen molar-refractivity contribution >= 4 is 9.84 Å². The van der Waals surface area contributed by atoms with E-state index < -0.39 is 9.84 Å². The average Bonchev–Trinajstić information content (AvgIpc) is 2.38. The first kappa shape index (κ1) is 16.0. The Hall–Kier alpha value is -1.07. The molecule has 4 nitrogen and oxygen atoms in total. The SMILES string of the molecule is CCNC(CS(=O)(=O)c1ccccc1OC)C(C)C. The van der Waals surface area contributed by atoms with Crippen LogP contribution in [0.4, 0.5) is 0 Å². The van der Waals surface area contributed by atoms with E-state index in [1.165, 1.54) is 7.11 Å². The number of rotatable bonds is 7. The molecule has 0 amide bonds. The van der Waals surface area contributed by atoms with Crippen LogP contribution >= 0.6 is 0 Å². The van der Waals surface area contributed by atoms with Gasteiger partial charge in [-0.1, -0.05) is 32.9 Å². The van der Waals surface area contributed by atoms with Crippen LogP contribution in [-0.2, 0) is 9.84 Å². The van der Waals surface area contributed by atoms with Gasteiger partial charge in [-0.25, -0.2) is 8.42 Å². The molecule has 1 N–H and O–H groups in total. The number of ether oxygens (including phenoxy) is 1. The van der Waals surface area contributed by atoms with Crippen molar-refractivity contribution in [3.63, 3.8) is 0 Å². The van der Waals surface area contributed by atoms with Gasteiger partial charge in [-0.3, -0.25) is 0 Å². The Labute approximate surface area is 116 Å². The maximum Gasteiger partial charge on any atom is 0.183 e. The first-order valence-corrected chi connectivity index (χ1v) is 8.16. The molecule has 0 aliphatic rings. The van der Waals surface area contributed by atoms with Crippen LogP contribution in [0.15, 0.2) is 29.2 Å². The van der Waals surface area contributed by atoms with E-state index in [4.69, 9.17) is 4.74 Å². The lowest BCUT2D eigenvalue weighted by Gasteiger charge is -2.22. The van der Waals surface area contributed by atoms with Gasteiger partial charge in [0.2, 0.25) is 0 Å². The van der Waals surface area contributed by atoms with Crippen LogP contribution in [0, 0.1) is 5.92 Å². The van der Waals surface area contributed by atoms with Gasteiger partial charge in [-0.2, -0.15) is 0 Å². The predicted octanol–water partition coefficient (Wildman–Crippen LogP) is 2.10. The third kappa shape index (κ3) is 4.21. The summed E-state index contributed by atoms with van der Waals surface area (Å²) in [5.41, 5.74) is 0. The molecule has 1 aromatic carbocycles. The van der Waals surface area contributed by atoms with Crippen molar-refractivity contribution in [3.05, 3.63) is 24.3 Å². The zero-order chi connectivity index (χ0) is 14.5. The fourth-order valence-electron chi connectivity index (χ4n) is 1.95. The second kappa shape index (κ2) is 6.91. The van der Waals surface area contributed by atoms with Gasteiger partial charge in [-0.05, 0) is 24.6 Å². The number of nitrogens with one attached hydrogen (secondary N) is 1. The topological polar surface area (TPSA) is 55.4 Å². The summed E-state index contributed by atoms with van der Waals surface area (Å²) >= 11 is 0. The molecular formula is C14H23NO3S. The maximum absolute atomic E-state index is 12.5. The van der Waals surface area contributed by atoms with Crippen molar-refractivity contribution in [1.82, 2.24) is 5.32 Å². The number of benzene rings is 1. The van der Waals surface area contributed by atoms with Crippen LogP contribution in [0.5, 0.6) is 5.75 Å². The number of hydrogen-bond acceptors (Lipinski definition) is 4. The summed E-state index contributed by atoms with van der Waals surface area (Å²) in [6, 6.07) is 6.69. The van der Waals surface area contributed by atoms with Gasteiger partial charge in [0.15, 0.2) is 9.84 Å². The number of hydrogen-bond donors (Lipinski definition) is 1. The summed E-state index contributed by atoms with van der Waals surface area (Å²) < 4.78 is 30.1. The van der Waals surface area contributed by atoms with Crippen molar-refractivity contribution in [2.24, 2.45) is 5.92 Å². The van der Waals surface area contributed by atoms with E-state index in [9.17, 15) is 8.42 Å². The molecule has 0 aliphatic heterocycles. The second-order valence-corrected chi connectivity index (χ2v) is 6.84. The standard InChI is InChI=1S/C14H23NO3S/c1-5-15-12(11(2)3)10-19(16,17)14-9-7-6-8-13(14)18-4/h6-9,11-12,15H,5,10H2,1-4H3. The first-order valence-electron chi connectivity index (χ1n) is 6.51. The van der Waals surface area contributed by atoms with Crippen LogP contribution in [-0.4, -0.2) is 33.9 Å². The third-order valence-corrected chi connectivity index (χ3v) is 4.88. The summed E-state index contributed by atoms with van der Waals surface area (Å²) in [5, 5.41) is 3.23. The van der Waals surface area contributed by atoms with Crippen LogP contribution < -0.4 is 10.1 Å². The van der Waals surface area contributed by atoms with Crippen LogP contribution in [0.25, 0.3) is 0 Å². The van der Waals surface area contributed by atoms with Crippen molar-refractivity contribution < 1.29 is 13.2 Å². The minimum Gasteiger partial charge on any atom is -0.495 e. The Morgan fingerprint density at radius 2 is 1.89 bits per heavy atom. The lowest BCUT2D eigenvalue weighted by atomic mass is 10.1. The fraction of sp³-hybridized carbons (Fsp3) is 0.571. The van der Waals surface area contributed by atoms with Gasteiger partial charge < -0.3 is 10.1 Å². The van der Waals surface area contributed by atoms with E-state index in [2.05, 4.69) is 5.32 Å². The van der Waals surface area contributed by atoms with Crippen LogP contribution in [0.1, 0.15) is 20.8 Å². The van der Waals surface area contributed by atoms with E-state index in [1.54, 1.807) is 24.3 Å². The molecule has 0 fully saturated rings. The predicted molar refractivity (Wildman–Crippen MR) is 77.3 cm³/mol. The molecule has 0 bridgehead atoms. The second-order valence-electron chi connectivity index (χ2n) is 4.84. The van der Waals surface area contributed by atoms with Crippen molar-refractivity contribution in [1.29, 1.82) is 0 Å². The molecule has 0 radical (unpaired) electrons. The molecule has 0 heterocycles. The molecule has 108 valence electrons. The Morgan fingerprint density at radius 3 is 2.42 bits per heavy atom. The molecule has 19 heavy (non-hydrogen) atoms. The smallest absolute Gasteiger partial charge is 0.183 e. The van der Waals surface area contributed by atoms with E-state index in [0.717, 1.165) is 6.54 Å². The molecule has 0 spiro atoms. The molecule has 5 heteroatoms. The molecule has 0 aliphatic carbocycles. The highest BCUT2D eigenvalue weighted by Gasteiger charge is 2.25. The largest absolute Gasteiger partial charge is 0.495 e. The molecule has 0 saturated heterocycles. The highest BCUT2D eigenvalue weighted by molar-refractivity contribution is 7.91. The molecule has 1 atom stereocenters. The van der Waals surface area contributed by atoms with Gasteiger partial charge in [0.05, 0.1) is 12.9 Å². The van der Waals surface area contributed by atoms with E-state index >= 15 is 0 Å². The van der Waals surface area contributed by atoms with Crippen LogP contribution in [0.2, 0.25) is 0 Å². The molecule has 1 aromatic rings. The lowest BCUT2D eigenvalue weighted by Crippen LogP contribution is -2.39. The zero-order valence-electron chi connectivity index (χ0n) is 12.0. The molecule has 1 unspecified atom stereocenters. The average molecular weight is 285 g/mol. The Kier molecular flexibility index (Phi) is 5.82. The van der Waals surface area contributed by atoms with Gasteiger partial charge in [0, 0.05) is 6.04 Å². The van der Waals surface area contributed by atoms with Gasteiger partial charge in [0.25, 0.3) is 0 Å². The molecular weight excluding hydrogens is 262 g/mol. The van der Waals surface area contributed by atoms with Crippen molar-refractivity contribution in [2.75, 3.05) is 19.4 Å². The third-order valence-electron chi connectivity index (χ3n) is 3.07. The zero-order valence-corrected chi connectivity index (χ0v) is 12.8. The Balaban J connectivity index is 3.03. The molecule has 0 saturated carbocycles. The summed E-state index contributed by atoms with van der Waals surface area (Å²) in [6.45, 7) is 6.77. The van der Waals surface area contributed by atoms with Crippen molar-refractivity contribution in [2.45, 2.75) is 31.7 Å². The minimum atomic E-state index is -3.36. The van der Waals surface area contributed by atoms with Crippen LogP contribution in [0.3, 0.4) is 0 Å². The number of para-hydroxylation sites is 1. The molecule has 1 rings (SSSR count). The molecule has 0 aromatic heterocycles. The first-order chi connectivity index (χ1) is 8.92. The van der Waals surface area contributed by atoms with Gasteiger partial charge in [-0.15, -0.1) is 0 Å². The quantitative estimate of drug-likeness (QED) is 0.833. The van der Waals surface area contributed by atoms with Gasteiger partial charge >= 0.3 is 0 Å². The number of methoxy groups -OCH3 is 1. The maximum atomic E-state index is 12.5. The fourth-order valence-corrected chi connectivity index (χ4v) is 3.85. The van der Waals surface area contributed by atoms with Gasteiger partial charge in [0.1, 0.15) is 10.6 Å². The van der Waals surface area contributed by atoms with Crippen molar-refractivity contribution in [3.8, 4) is 5.75 Å². The summed E-state index contributed by atoms with van der Waals surface area (Å²) in [7, 11) is -1.87. The Morgan fingerprint density at radius 1 is 1.26 bits per heavy atom. The number of sulfone groups is 1.